The predicted molar refractivity (Wildman–Crippen MR) is 72.9 cm³/mol. The van der Waals surface area contributed by atoms with Crippen molar-refractivity contribution < 1.29 is 9.21 Å². The molecule has 0 radical (unpaired) electrons. The van der Waals surface area contributed by atoms with Crippen molar-refractivity contribution in [1.29, 1.82) is 0 Å². The van der Waals surface area contributed by atoms with Crippen LogP contribution in [0.4, 0.5) is 6.01 Å². The molecule has 19 heavy (non-hydrogen) atoms. The summed E-state index contributed by atoms with van der Waals surface area (Å²) in [6, 6.07) is 0.391. The molecule has 0 atom stereocenters. The van der Waals surface area contributed by atoms with Crippen LogP contribution in [-0.2, 0) is 11.3 Å². The van der Waals surface area contributed by atoms with Gasteiger partial charge in [-0.1, -0.05) is 12.0 Å². The van der Waals surface area contributed by atoms with E-state index >= 15 is 0 Å². The van der Waals surface area contributed by atoms with Crippen LogP contribution >= 0.6 is 0 Å². The van der Waals surface area contributed by atoms with Crippen LogP contribution in [0.3, 0.4) is 0 Å². The molecule has 1 aromatic heterocycles. The monoisotopic (exact) mass is 269 g/mol. The molecule has 0 aliphatic rings. The number of amides is 1. The van der Waals surface area contributed by atoms with E-state index in [9.17, 15) is 4.79 Å². The lowest BCUT2D eigenvalue weighted by Gasteiger charge is -2.16. The maximum atomic E-state index is 11.5. The molecule has 7 nitrogen and oxygen atoms in total. The molecule has 0 aliphatic carbocycles. The van der Waals surface area contributed by atoms with Gasteiger partial charge in [0.05, 0.1) is 6.54 Å². The fourth-order valence-electron chi connectivity index (χ4n) is 1.56. The van der Waals surface area contributed by atoms with Crippen LogP contribution in [0.15, 0.2) is 4.42 Å². The molecule has 0 aromatic carbocycles. The second kappa shape index (κ2) is 8.47. The Morgan fingerprint density at radius 1 is 1.32 bits per heavy atom. The molecule has 0 saturated carbocycles. The van der Waals surface area contributed by atoms with Crippen LogP contribution in [0.25, 0.3) is 0 Å². The number of hydrogen-bond donors (Lipinski definition) is 2. The fraction of sp³-hybridized carbons (Fsp3) is 0.750. The summed E-state index contributed by atoms with van der Waals surface area (Å²) < 4.78 is 5.52. The minimum Gasteiger partial charge on any atom is -0.407 e. The van der Waals surface area contributed by atoms with Gasteiger partial charge >= 0.3 is 6.01 Å². The van der Waals surface area contributed by atoms with Crippen LogP contribution in [0, 0.1) is 0 Å². The van der Waals surface area contributed by atoms with E-state index in [0.717, 1.165) is 13.0 Å². The minimum absolute atomic E-state index is 0.0480. The molecular weight excluding hydrogens is 246 g/mol. The number of rotatable bonds is 9. The Balaban J connectivity index is 2.53. The van der Waals surface area contributed by atoms with Crippen molar-refractivity contribution in [2.75, 3.05) is 31.1 Å². The Morgan fingerprint density at radius 3 is 2.74 bits per heavy atom. The topological polar surface area (TPSA) is 83.3 Å². The molecule has 7 heteroatoms. The molecule has 0 bridgehead atoms. The van der Waals surface area contributed by atoms with Gasteiger partial charge < -0.3 is 20.0 Å². The Bertz CT molecular complexity index is 380. The molecule has 0 spiro atoms. The third-order valence-corrected chi connectivity index (χ3v) is 2.52. The lowest BCUT2D eigenvalue weighted by atomic mass is 10.5. The van der Waals surface area contributed by atoms with Crippen molar-refractivity contribution in [2.24, 2.45) is 0 Å². The maximum Gasteiger partial charge on any atom is 0.318 e. The van der Waals surface area contributed by atoms with Gasteiger partial charge in [0, 0.05) is 13.1 Å². The number of aromatic nitrogens is 2. The quantitative estimate of drug-likeness (QED) is 0.636. The summed E-state index contributed by atoms with van der Waals surface area (Å²) in [6.45, 7) is 8.88. The van der Waals surface area contributed by atoms with Gasteiger partial charge in [-0.2, -0.15) is 0 Å². The highest BCUT2D eigenvalue weighted by Gasteiger charge is 2.15. The van der Waals surface area contributed by atoms with E-state index in [0.29, 0.717) is 31.5 Å². The number of carbonyl (C=O) groups is 1. The predicted octanol–water partition coefficient (Wildman–Crippen LogP) is 0.532. The van der Waals surface area contributed by atoms with E-state index in [1.165, 1.54) is 0 Å². The van der Waals surface area contributed by atoms with E-state index in [4.69, 9.17) is 4.42 Å². The summed E-state index contributed by atoms with van der Waals surface area (Å²) in [5, 5.41) is 13.9. The van der Waals surface area contributed by atoms with Crippen molar-refractivity contribution in [1.82, 2.24) is 20.8 Å². The average Bonchev–Trinajstić information content (AvgIpc) is 2.85. The zero-order chi connectivity index (χ0) is 14.1. The molecule has 0 saturated heterocycles. The van der Waals surface area contributed by atoms with Crippen molar-refractivity contribution in [3.63, 3.8) is 0 Å². The summed E-state index contributed by atoms with van der Waals surface area (Å²) in [5.41, 5.74) is 0. The zero-order valence-electron chi connectivity index (χ0n) is 11.9. The summed E-state index contributed by atoms with van der Waals surface area (Å²) in [6.07, 6.45) is 1.05. The first kappa shape index (κ1) is 15.4. The lowest BCUT2D eigenvalue weighted by Crippen LogP contribution is -2.37. The van der Waals surface area contributed by atoms with Crippen LogP contribution in [0.2, 0.25) is 0 Å². The Morgan fingerprint density at radius 2 is 2.11 bits per heavy atom. The molecule has 0 aliphatic heterocycles. The molecule has 2 N–H and O–H groups in total. The van der Waals surface area contributed by atoms with Crippen LogP contribution in [0.1, 0.15) is 33.1 Å². The second-order valence-corrected chi connectivity index (χ2v) is 4.12. The van der Waals surface area contributed by atoms with Gasteiger partial charge in [-0.05, 0) is 26.8 Å². The first-order chi connectivity index (χ1) is 9.21. The first-order valence-electron chi connectivity index (χ1n) is 6.75. The first-order valence-corrected chi connectivity index (χ1v) is 6.75. The van der Waals surface area contributed by atoms with E-state index in [-0.39, 0.29) is 12.5 Å². The smallest absolute Gasteiger partial charge is 0.318 e. The van der Waals surface area contributed by atoms with E-state index < -0.39 is 0 Å². The lowest BCUT2D eigenvalue weighted by molar-refractivity contribution is -0.119. The third-order valence-electron chi connectivity index (χ3n) is 2.52. The largest absolute Gasteiger partial charge is 0.407 e. The molecule has 1 aromatic rings. The highest BCUT2D eigenvalue weighted by atomic mass is 16.4. The number of carbonyl (C=O) groups excluding carboxylic acids is 1. The normalized spacial score (nSPS) is 10.5. The van der Waals surface area contributed by atoms with Gasteiger partial charge in [-0.15, -0.1) is 5.10 Å². The van der Waals surface area contributed by atoms with Crippen molar-refractivity contribution >= 4 is 11.9 Å². The molecule has 1 heterocycles. The van der Waals surface area contributed by atoms with E-state index in [1.54, 1.807) is 4.90 Å². The molecule has 108 valence electrons. The average molecular weight is 269 g/mol. The van der Waals surface area contributed by atoms with Crippen molar-refractivity contribution in [3.8, 4) is 0 Å². The number of nitrogens with zero attached hydrogens (tertiary/aromatic N) is 3. The molecule has 1 rings (SSSR count). The molecular formula is C12H23N5O2. The summed E-state index contributed by atoms with van der Waals surface area (Å²) in [4.78, 5) is 13.3. The maximum absolute atomic E-state index is 11.5. The third kappa shape index (κ3) is 5.25. The molecule has 0 fully saturated rings. The summed E-state index contributed by atoms with van der Waals surface area (Å²) >= 11 is 0. The SMILES string of the molecule is CCCNCc1nnc(N(CC)CC(=O)NCC)o1. The van der Waals surface area contributed by atoms with Gasteiger partial charge in [0.25, 0.3) is 0 Å². The Labute approximate surface area is 113 Å². The van der Waals surface area contributed by atoms with Crippen LogP contribution < -0.4 is 15.5 Å². The van der Waals surface area contributed by atoms with Crippen molar-refractivity contribution in [2.45, 2.75) is 33.7 Å². The van der Waals surface area contributed by atoms with Crippen molar-refractivity contribution in [3.05, 3.63) is 5.89 Å². The number of likely N-dealkylation sites (N-methyl/N-ethyl adjacent to an activating group) is 2. The molecule has 1 amide bonds. The van der Waals surface area contributed by atoms with Gasteiger partial charge in [0.15, 0.2) is 0 Å². The second-order valence-electron chi connectivity index (χ2n) is 4.12. The Hall–Kier alpha value is -1.63. The highest BCUT2D eigenvalue weighted by molar-refractivity contribution is 5.80. The summed E-state index contributed by atoms with van der Waals surface area (Å²) in [5.74, 6) is 0.492. The summed E-state index contributed by atoms with van der Waals surface area (Å²) in [7, 11) is 0. The fourth-order valence-corrected chi connectivity index (χ4v) is 1.56. The molecule has 0 unspecified atom stereocenters. The number of hydrogen-bond acceptors (Lipinski definition) is 6. The van der Waals surface area contributed by atoms with Gasteiger partial charge in [0.1, 0.15) is 6.54 Å². The standard InChI is InChI=1S/C12H23N5O2/c1-4-7-13-8-11-15-16-12(19-11)17(6-3)9-10(18)14-5-2/h13H,4-9H2,1-3H3,(H,14,18). The zero-order valence-corrected chi connectivity index (χ0v) is 11.9. The highest BCUT2D eigenvalue weighted by Crippen LogP contribution is 2.11. The minimum atomic E-state index is -0.0480. The van der Waals surface area contributed by atoms with E-state index in [1.807, 2.05) is 13.8 Å². The van der Waals surface area contributed by atoms with E-state index in [2.05, 4.69) is 27.8 Å². The van der Waals surface area contributed by atoms with Gasteiger partial charge in [-0.25, -0.2) is 0 Å². The van der Waals surface area contributed by atoms with Gasteiger partial charge in [-0.3, -0.25) is 4.79 Å². The van der Waals surface area contributed by atoms with Gasteiger partial charge in [0.2, 0.25) is 11.8 Å². The Kier molecular flexibility index (Phi) is 6.88. The number of anilines is 1. The number of nitrogens with one attached hydrogen (secondary N) is 2. The van der Waals surface area contributed by atoms with Crippen LogP contribution in [0.5, 0.6) is 0 Å². The van der Waals surface area contributed by atoms with Crippen LogP contribution in [-0.4, -0.2) is 42.3 Å².